The SMILES string of the molecule is CC(C)C(C)([O])F. The molecule has 0 fully saturated rings. The number of hydrogen-bond donors (Lipinski definition) is 0. The summed E-state index contributed by atoms with van der Waals surface area (Å²) in [5.74, 6) is -2.67. The molecule has 0 bridgehead atoms. The van der Waals surface area contributed by atoms with Crippen LogP contribution in [0.15, 0.2) is 0 Å². The number of rotatable bonds is 1. The van der Waals surface area contributed by atoms with E-state index in [1.165, 1.54) is 0 Å². The second-order valence-electron chi connectivity index (χ2n) is 2.14. The summed E-state index contributed by atoms with van der Waals surface area (Å²) < 4.78 is 12.0. The molecule has 0 aliphatic rings. The fourth-order valence-electron chi connectivity index (χ4n) is 0. The van der Waals surface area contributed by atoms with Crippen molar-refractivity contribution in [1.82, 2.24) is 0 Å². The average Bonchev–Trinajstić information content (AvgIpc) is 1.31. The van der Waals surface area contributed by atoms with E-state index < -0.39 is 11.8 Å². The predicted molar refractivity (Wildman–Crippen MR) is 25.0 cm³/mol. The summed E-state index contributed by atoms with van der Waals surface area (Å²) in [6.45, 7) is 4.16. The quantitative estimate of drug-likeness (QED) is 0.484. The molecule has 0 aromatic carbocycles. The second-order valence-corrected chi connectivity index (χ2v) is 2.14. The first-order valence-corrected chi connectivity index (χ1v) is 2.34. The zero-order valence-corrected chi connectivity index (χ0v) is 4.86. The lowest BCUT2D eigenvalue weighted by atomic mass is 10.1. The van der Waals surface area contributed by atoms with E-state index in [0.29, 0.717) is 0 Å². The maximum Gasteiger partial charge on any atom is 0.240 e. The van der Waals surface area contributed by atoms with E-state index in [0.717, 1.165) is 6.92 Å². The number of alkyl halides is 1. The average molecular weight is 105 g/mol. The van der Waals surface area contributed by atoms with Gasteiger partial charge in [0.1, 0.15) is 0 Å². The third-order valence-electron chi connectivity index (χ3n) is 1.03. The molecule has 0 N–H and O–H groups in total. The zero-order valence-electron chi connectivity index (χ0n) is 4.86. The summed E-state index contributed by atoms with van der Waals surface area (Å²) in [5, 5.41) is 10.1. The van der Waals surface area contributed by atoms with E-state index >= 15 is 0 Å². The van der Waals surface area contributed by atoms with Crippen LogP contribution in [-0.4, -0.2) is 5.85 Å². The Hall–Kier alpha value is -0.110. The van der Waals surface area contributed by atoms with Crippen molar-refractivity contribution in [3.63, 3.8) is 0 Å². The first-order valence-electron chi connectivity index (χ1n) is 2.34. The second kappa shape index (κ2) is 1.78. The molecule has 0 heterocycles. The summed E-state index contributed by atoms with van der Waals surface area (Å²) in [7, 11) is 0. The van der Waals surface area contributed by atoms with E-state index in [9.17, 15) is 9.50 Å². The molecule has 1 atom stereocenters. The fraction of sp³-hybridized carbons (Fsp3) is 1.00. The van der Waals surface area contributed by atoms with Crippen molar-refractivity contribution in [2.24, 2.45) is 5.92 Å². The van der Waals surface area contributed by atoms with Crippen LogP contribution >= 0.6 is 0 Å². The van der Waals surface area contributed by atoms with Gasteiger partial charge in [0, 0.05) is 5.92 Å². The Bertz CT molecular complexity index is 53.6. The lowest BCUT2D eigenvalue weighted by Gasteiger charge is -2.12. The van der Waals surface area contributed by atoms with Gasteiger partial charge in [-0.1, -0.05) is 13.8 Å². The first-order chi connectivity index (χ1) is 2.94. The Morgan fingerprint density at radius 3 is 1.71 bits per heavy atom. The molecule has 0 aliphatic carbocycles. The summed E-state index contributed by atoms with van der Waals surface area (Å²) in [5.41, 5.74) is 0. The summed E-state index contributed by atoms with van der Waals surface area (Å²) in [6, 6.07) is 0. The summed E-state index contributed by atoms with van der Waals surface area (Å²) in [4.78, 5) is 0. The monoisotopic (exact) mass is 105 g/mol. The molecule has 43 valence electrons. The van der Waals surface area contributed by atoms with Gasteiger partial charge in [0.15, 0.2) is 0 Å². The van der Waals surface area contributed by atoms with Gasteiger partial charge in [0.05, 0.1) is 0 Å². The first kappa shape index (κ1) is 6.89. The molecule has 0 amide bonds. The Morgan fingerprint density at radius 1 is 1.57 bits per heavy atom. The molecule has 1 radical (unpaired) electrons. The number of hydrogen-bond acceptors (Lipinski definition) is 0. The normalized spacial score (nSPS) is 19.7. The molecule has 0 rings (SSSR count). The third-order valence-corrected chi connectivity index (χ3v) is 1.03. The molecule has 7 heavy (non-hydrogen) atoms. The van der Waals surface area contributed by atoms with Gasteiger partial charge < -0.3 is 0 Å². The Kier molecular flexibility index (Phi) is 1.75. The van der Waals surface area contributed by atoms with E-state index in [4.69, 9.17) is 0 Å². The minimum atomic E-state index is -2.25. The highest BCUT2D eigenvalue weighted by molar-refractivity contribution is 4.59. The topological polar surface area (TPSA) is 19.9 Å². The van der Waals surface area contributed by atoms with Gasteiger partial charge in [0.25, 0.3) is 0 Å². The van der Waals surface area contributed by atoms with Gasteiger partial charge in [-0.2, -0.15) is 5.11 Å². The lowest BCUT2D eigenvalue weighted by molar-refractivity contribution is -0.158. The highest BCUT2D eigenvalue weighted by Crippen LogP contribution is 2.16. The largest absolute Gasteiger partial charge is 0.240 e. The lowest BCUT2D eigenvalue weighted by Crippen LogP contribution is -2.21. The van der Waals surface area contributed by atoms with Crippen LogP contribution < -0.4 is 0 Å². The summed E-state index contributed by atoms with van der Waals surface area (Å²) in [6.07, 6.45) is 0. The highest BCUT2D eigenvalue weighted by atomic mass is 19.2. The Balaban J connectivity index is 3.54. The van der Waals surface area contributed by atoms with Crippen LogP contribution in [0.4, 0.5) is 4.39 Å². The van der Waals surface area contributed by atoms with Gasteiger partial charge in [0.2, 0.25) is 5.85 Å². The fourth-order valence-corrected chi connectivity index (χ4v) is 0. The molecular formula is C5H10FO. The zero-order chi connectivity index (χ0) is 6.08. The molecule has 1 nitrogen and oxygen atoms in total. The minimum absolute atomic E-state index is 0.424. The van der Waals surface area contributed by atoms with Gasteiger partial charge in [-0.25, -0.2) is 4.39 Å². The number of halogens is 1. The van der Waals surface area contributed by atoms with Gasteiger partial charge in [-0.15, -0.1) is 0 Å². The van der Waals surface area contributed by atoms with Crippen molar-refractivity contribution in [3.05, 3.63) is 0 Å². The highest BCUT2D eigenvalue weighted by Gasteiger charge is 2.24. The van der Waals surface area contributed by atoms with Crippen LogP contribution in [0.2, 0.25) is 0 Å². The maximum absolute atomic E-state index is 12.0. The molecule has 1 unspecified atom stereocenters. The predicted octanol–water partition coefficient (Wildman–Crippen LogP) is 1.76. The van der Waals surface area contributed by atoms with Gasteiger partial charge in [-0.3, -0.25) is 0 Å². The van der Waals surface area contributed by atoms with Gasteiger partial charge in [-0.05, 0) is 6.92 Å². The van der Waals surface area contributed by atoms with Crippen LogP contribution in [0, 0.1) is 5.92 Å². The maximum atomic E-state index is 12.0. The molecule has 0 spiro atoms. The van der Waals surface area contributed by atoms with E-state index in [-0.39, 0.29) is 0 Å². The van der Waals surface area contributed by atoms with Crippen LogP contribution in [0.1, 0.15) is 20.8 Å². The molecule has 0 saturated carbocycles. The molecule has 2 heteroatoms. The van der Waals surface area contributed by atoms with Crippen molar-refractivity contribution in [2.45, 2.75) is 26.6 Å². The van der Waals surface area contributed by atoms with Crippen molar-refractivity contribution in [2.75, 3.05) is 0 Å². The van der Waals surface area contributed by atoms with Crippen molar-refractivity contribution in [1.29, 1.82) is 0 Å². The molecule has 0 aliphatic heterocycles. The van der Waals surface area contributed by atoms with Crippen molar-refractivity contribution >= 4 is 0 Å². The van der Waals surface area contributed by atoms with E-state index in [1.807, 2.05) is 0 Å². The molecule has 0 aromatic heterocycles. The van der Waals surface area contributed by atoms with E-state index in [2.05, 4.69) is 0 Å². The Morgan fingerprint density at radius 2 is 1.71 bits per heavy atom. The van der Waals surface area contributed by atoms with E-state index in [1.54, 1.807) is 13.8 Å². The van der Waals surface area contributed by atoms with Crippen LogP contribution in [0.3, 0.4) is 0 Å². The van der Waals surface area contributed by atoms with Crippen molar-refractivity contribution in [3.8, 4) is 0 Å². The van der Waals surface area contributed by atoms with Crippen LogP contribution in [0.25, 0.3) is 0 Å². The van der Waals surface area contributed by atoms with Crippen LogP contribution in [0.5, 0.6) is 0 Å². The van der Waals surface area contributed by atoms with Crippen LogP contribution in [-0.2, 0) is 5.11 Å². The molecular weight excluding hydrogens is 95.1 g/mol. The summed E-state index contributed by atoms with van der Waals surface area (Å²) >= 11 is 0. The Labute approximate surface area is 43.2 Å². The van der Waals surface area contributed by atoms with Gasteiger partial charge >= 0.3 is 0 Å². The smallest absolute Gasteiger partial charge is 0.209 e. The minimum Gasteiger partial charge on any atom is -0.209 e. The standard InChI is InChI=1S/C5H10FO/c1-4(2)5(3,6)7/h4H,1-3H3. The third kappa shape index (κ3) is 2.57. The van der Waals surface area contributed by atoms with Crippen molar-refractivity contribution < 1.29 is 9.50 Å². The molecule has 0 saturated heterocycles. The molecule has 0 aromatic rings.